The monoisotopic (exact) mass is 372 g/mol. The molecule has 0 aliphatic rings. The van der Waals surface area contributed by atoms with Crippen molar-refractivity contribution >= 4 is 26.9 Å². The van der Waals surface area contributed by atoms with Gasteiger partial charge < -0.3 is 5.32 Å². The molecule has 9 heteroatoms. The molecule has 26 heavy (non-hydrogen) atoms. The van der Waals surface area contributed by atoms with E-state index in [4.69, 9.17) is 0 Å². The first kappa shape index (κ1) is 17.6. The predicted octanol–water partition coefficient (Wildman–Crippen LogP) is 2.99. The third kappa shape index (κ3) is 4.06. The molecule has 0 bridgehead atoms. The van der Waals surface area contributed by atoms with Crippen LogP contribution in [0.2, 0.25) is 0 Å². The molecule has 0 spiro atoms. The van der Waals surface area contributed by atoms with Gasteiger partial charge in [0.05, 0.1) is 28.2 Å². The number of rotatable bonds is 6. The van der Waals surface area contributed by atoms with Crippen LogP contribution in [0.3, 0.4) is 0 Å². The molecule has 134 valence electrons. The molecule has 0 aliphatic heterocycles. The summed E-state index contributed by atoms with van der Waals surface area (Å²) in [6.07, 6.45) is 4.28. The highest BCUT2D eigenvalue weighted by Gasteiger charge is 2.19. The number of hydrogen-bond donors (Lipinski definition) is 1. The zero-order valence-electron chi connectivity index (χ0n) is 13.9. The minimum absolute atomic E-state index is 0.102. The van der Waals surface area contributed by atoms with E-state index < -0.39 is 14.8 Å². The Hall–Kier alpha value is -3.20. The van der Waals surface area contributed by atoms with E-state index in [1.54, 1.807) is 17.1 Å². The van der Waals surface area contributed by atoms with Crippen LogP contribution in [0.25, 0.3) is 0 Å². The molecule has 1 aromatic heterocycles. The maximum Gasteiger partial charge on any atom is 0.293 e. The molecular formula is C17H16N4O4S. The Morgan fingerprint density at radius 3 is 2.58 bits per heavy atom. The smallest absolute Gasteiger partial charge is 0.293 e. The third-order valence-electron chi connectivity index (χ3n) is 3.69. The summed E-state index contributed by atoms with van der Waals surface area (Å²) in [5.74, 6) is 0. The van der Waals surface area contributed by atoms with Crippen molar-refractivity contribution in [3.63, 3.8) is 0 Å². The van der Waals surface area contributed by atoms with Gasteiger partial charge in [-0.3, -0.25) is 14.8 Å². The van der Waals surface area contributed by atoms with Gasteiger partial charge in [0.25, 0.3) is 5.69 Å². The minimum Gasteiger partial charge on any atom is -0.347 e. The van der Waals surface area contributed by atoms with Crippen LogP contribution in [0.5, 0.6) is 0 Å². The van der Waals surface area contributed by atoms with Crippen LogP contribution in [-0.4, -0.2) is 29.4 Å². The van der Waals surface area contributed by atoms with Gasteiger partial charge in [-0.05, 0) is 17.7 Å². The lowest BCUT2D eigenvalue weighted by Crippen LogP contribution is -2.02. The summed E-state index contributed by atoms with van der Waals surface area (Å²) in [7, 11) is -3.53. The minimum atomic E-state index is -3.53. The van der Waals surface area contributed by atoms with Crippen molar-refractivity contribution in [3.8, 4) is 0 Å². The molecule has 1 heterocycles. The second-order valence-electron chi connectivity index (χ2n) is 5.75. The SMILES string of the molecule is CS(=O)(=O)c1ccc(Nc2cnn(Cc3ccccc3)c2)c([N+](=O)[O-])c1. The van der Waals surface area contributed by atoms with Crippen molar-refractivity contribution in [2.75, 3.05) is 11.6 Å². The van der Waals surface area contributed by atoms with Crippen molar-refractivity contribution in [2.24, 2.45) is 0 Å². The molecule has 2 aromatic carbocycles. The van der Waals surface area contributed by atoms with E-state index in [0.29, 0.717) is 12.2 Å². The first-order valence-corrected chi connectivity index (χ1v) is 9.54. The zero-order chi connectivity index (χ0) is 18.7. The molecule has 0 amide bonds. The molecule has 0 fully saturated rings. The Balaban J connectivity index is 1.84. The molecular weight excluding hydrogens is 356 g/mol. The lowest BCUT2D eigenvalue weighted by Gasteiger charge is -2.06. The zero-order valence-corrected chi connectivity index (χ0v) is 14.7. The molecule has 0 saturated carbocycles. The standard InChI is InChI=1S/C17H16N4O4S/c1-26(24,25)15-7-8-16(17(9-15)21(22)23)19-14-10-18-20(12-14)11-13-5-3-2-4-6-13/h2-10,12,19H,11H2,1H3. The normalized spacial score (nSPS) is 11.3. The molecule has 0 aliphatic carbocycles. The summed E-state index contributed by atoms with van der Waals surface area (Å²) in [6, 6.07) is 13.5. The van der Waals surface area contributed by atoms with E-state index in [0.717, 1.165) is 17.9 Å². The summed E-state index contributed by atoms with van der Waals surface area (Å²) in [4.78, 5) is 10.6. The number of aromatic nitrogens is 2. The molecule has 1 N–H and O–H groups in total. The van der Waals surface area contributed by atoms with Gasteiger partial charge in [0, 0.05) is 18.5 Å². The van der Waals surface area contributed by atoms with E-state index in [9.17, 15) is 18.5 Å². The number of nitrogens with one attached hydrogen (secondary N) is 1. The number of hydrogen-bond acceptors (Lipinski definition) is 6. The fourth-order valence-electron chi connectivity index (χ4n) is 2.44. The molecule has 3 aromatic rings. The van der Waals surface area contributed by atoms with E-state index in [-0.39, 0.29) is 16.3 Å². The quantitative estimate of drug-likeness (QED) is 0.526. The average molecular weight is 372 g/mol. The highest BCUT2D eigenvalue weighted by molar-refractivity contribution is 7.90. The second kappa shape index (κ2) is 6.96. The summed E-state index contributed by atoms with van der Waals surface area (Å²) >= 11 is 0. The Kier molecular flexibility index (Phi) is 4.72. The average Bonchev–Trinajstić information content (AvgIpc) is 3.02. The van der Waals surface area contributed by atoms with E-state index >= 15 is 0 Å². The van der Waals surface area contributed by atoms with Crippen LogP contribution in [0, 0.1) is 10.1 Å². The van der Waals surface area contributed by atoms with Crippen LogP contribution in [0.15, 0.2) is 65.8 Å². The largest absolute Gasteiger partial charge is 0.347 e. The maximum absolute atomic E-state index is 11.6. The van der Waals surface area contributed by atoms with Crippen LogP contribution >= 0.6 is 0 Å². The number of benzene rings is 2. The third-order valence-corrected chi connectivity index (χ3v) is 4.80. The van der Waals surface area contributed by atoms with Crippen LogP contribution < -0.4 is 5.32 Å². The van der Waals surface area contributed by atoms with Gasteiger partial charge in [0.1, 0.15) is 5.69 Å². The number of nitro benzene ring substituents is 1. The predicted molar refractivity (Wildman–Crippen MR) is 97.3 cm³/mol. The summed E-state index contributed by atoms with van der Waals surface area (Å²) < 4.78 is 24.9. The molecule has 0 radical (unpaired) electrons. The Bertz CT molecular complexity index is 1050. The van der Waals surface area contributed by atoms with Crippen molar-refractivity contribution < 1.29 is 13.3 Å². The maximum atomic E-state index is 11.6. The van der Waals surface area contributed by atoms with Gasteiger partial charge in [-0.1, -0.05) is 30.3 Å². The number of sulfone groups is 1. The first-order chi connectivity index (χ1) is 12.3. The molecule has 0 atom stereocenters. The Morgan fingerprint density at radius 1 is 1.19 bits per heavy atom. The topological polar surface area (TPSA) is 107 Å². The molecule has 0 unspecified atom stereocenters. The van der Waals surface area contributed by atoms with Crippen LogP contribution in [0.4, 0.5) is 17.1 Å². The highest BCUT2D eigenvalue weighted by Crippen LogP contribution is 2.30. The van der Waals surface area contributed by atoms with Crippen molar-refractivity contribution in [1.29, 1.82) is 0 Å². The van der Waals surface area contributed by atoms with Crippen LogP contribution in [-0.2, 0) is 16.4 Å². The van der Waals surface area contributed by atoms with Gasteiger partial charge in [0.15, 0.2) is 9.84 Å². The van der Waals surface area contributed by atoms with Gasteiger partial charge in [0.2, 0.25) is 0 Å². The summed E-state index contributed by atoms with van der Waals surface area (Å²) in [5, 5.41) is 18.4. The van der Waals surface area contributed by atoms with Crippen molar-refractivity contribution in [2.45, 2.75) is 11.4 Å². The van der Waals surface area contributed by atoms with Gasteiger partial charge >= 0.3 is 0 Å². The molecule has 8 nitrogen and oxygen atoms in total. The van der Waals surface area contributed by atoms with E-state index in [1.165, 1.54) is 12.1 Å². The summed E-state index contributed by atoms with van der Waals surface area (Å²) in [6.45, 7) is 0.567. The van der Waals surface area contributed by atoms with Gasteiger partial charge in [-0.15, -0.1) is 0 Å². The lowest BCUT2D eigenvalue weighted by molar-refractivity contribution is -0.384. The lowest BCUT2D eigenvalue weighted by atomic mass is 10.2. The Labute approximate surface area is 150 Å². The second-order valence-corrected chi connectivity index (χ2v) is 7.76. The fourth-order valence-corrected chi connectivity index (χ4v) is 3.08. The number of nitrogens with zero attached hydrogens (tertiary/aromatic N) is 3. The highest BCUT2D eigenvalue weighted by atomic mass is 32.2. The molecule has 0 saturated heterocycles. The number of nitro groups is 1. The van der Waals surface area contributed by atoms with E-state index in [1.807, 2.05) is 30.3 Å². The Morgan fingerprint density at radius 2 is 1.92 bits per heavy atom. The van der Waals surface area contributed by atoms with Gasteiger partial charge in [-0.2, -0.15) is 5.10 Å². The van der Waals surface area contributed by atoms with E-state index in [2.05, 4.69) is 10.4 Å². The van der Waals surface area contributed by atoms with Gasteiger partial charge in [-0.25, -0.2) is 8.42 Å². The number of anilines is 2. The van der Waals surface area contributed by atoms with Crippen molar-refractivity contribution in [1.82, 2.24) is 9.78 Å². The van der Waals surface area contributed by atoms with Crippen LogP contribution in [0.1, 0.15) is 5.56 Å². The fraction of sp³-hybridized carbons (Fsp3) is 0.118. The first-order valence-electron chi connectivity index (χ1n) is 7.65. The molecule has 3 rings (SSSR count). The summed E-state index contributed by atoms with van der Waals surface area (Å²) in [5.41, 5.74) is 1.52. The van der Waals surface area contributed by atoms with Crippen molar-refractivity contribution in [3.05, 3.63) is 76.6 Å².